The first-order chi connectivity index (χ1) is 27.3. The van der Waals surface area contributed by atoms with Crippen LogP contribution < -0.4 is 4.90 Å². The first kappa shape index (κ1) is 32.0. The summed E-state index contributed by atoms with van der Waals surface area (Å²) in [5.74, 6) is 0.263. The van der Waals surface area contributed by atoms with E-state index < -0.39 is 0 Å². The van der Waals surface area contributed by atoms with Gasteiger partial charge in [-0.1, -0.05) is 170 Å². The Kier molecular flexibility index (Phi) is 7.46. The van der Waals surface area contributed by atoms with E-state index >= 15 is 0 Å². The van der Waals surface area contributed by atoms with E-state index in [-0.39, 0.29) is 11.3 Å². The van der Waals surface area contributed by atoms with Crippen molar-refractivity contribution in [1.82, 2.24) is 0 Å². The van der Waals surface area contributed by atoms with Crippen molar-refractivity contribution in [2.45, 2.75) is 11.8 Å². The Morgan fingerprint density at radius 3 is 2.07 bits per heavy atom. The predicted molar refractivity (Wildman–Crippen MR) is 235 cm³/mol. The van der Waals surface area contributed by atoms with Gasteiger partial charge in [-0.2, -0.15) is 0 Å². The zero-order valence-corrected chi connectivity index (χ0v) is 31.1. The van der Waals surface area contributed by atoms with Gasteiger partial charge in [0.05, 0.1) is 11.1 Å². The molecule has 0 amide bonds. The lowest BCUT2D eigenvalue weighted by molar-refractivity contribution is 0.457. The standard InChI is InChI=1S/C53H37NS/c1-3-17-38(18-4-1)53(39-19-5-2-6-20-39)48-26-11-9-22-44(48)45-34-33-41(35-49(45)53)54(50-27-13-16-36-15-7-8-21-42(36)50)40-31-29-37(30-32-40)43-24-14-25-47-46-23-10-12-28-51(46)55-52(43)47/h1-19,21-35,39H,20H2. The van der Waals surface area contributed by atoms with Crippen molar-refractivity contribution in [1.29, 1.82) is 0 Å². The van der Waals surface area contributed by atoms with Crippen LogP contribution in [0.15, 0.2) is 206 Å². The summed E-state index contributed by atoms with van der Waals surface area (Å²) in [7, 11) is 0. The molecule has 260 valence electrons. The van der Waals surface area contributed by atoms with E-state index in [1.165, 1.54) is 75.6 Å². The van der Waals surface area contributed by atoms with Gasteiger partial charge < -0.3 is 4.90 Å². The summed E-state index contributed by atoms with van der Waals surface area (Å²) in [5.41, 5.74) is 12.3. The van der Waals surface area contributed by atoms with Crippen molar-refractivity contribution in [2.24, 2.45) is 5.92 Å². The normalized spacial score (nSPS) is 17.1. The zero-order valence-electron chi connectivity index (χ0n) is 30.3. The first-order valence-electron chi connectivity index (χ1n) is 19.2. The monoisotopic (exact) mass is 719 g/mol. The van der Waals surface area contributed by atoms with Gasteiger partial charge in [0.15, 0.2) is 0 Å². The minimum Gasteiger partial charge on any atom is -0.310 e. The van der Waals surface area contributed by atoms with E-state index in [4.69, 9.17) is 0 Å². The van der Waals surface area contributed by atoms with Crippen molar-refractivity contribution < 1.29 is 0 Å². The molecule has 2 heteroatoms. The van der Waals surface area contributed by atoms with Crippen LogP contribution >= 0.6 is 11.3 Å². The average molecular weight is 720 g/mol. The highest BCUT2D eigenvalue weighted by molar-refractivity contribution is 7.26. The third-order valence-electron chi connectivity index (χ3n) is 11.9. The van der Waals surface area contributed by atoms with E-state index in [9.17, 15) is 0 Å². The summed E-state index contributed by atoms with van der Waals surface area (Å²) >= 11 is 1.89. The molecule has 0 saturated heterocycles. The quantitative estimate of drug-likeness (QED) is 0.165. The number of anilines is 3. The summed E-state index contributed by atoms with van der Waals surface area (Å²) in [5, 5.41) is 5.10. The van der Waals surface area contributed by atoms with Crippen molar-refractivity contribution in [2.75, 3.05) is 4.90 Å². The Labute approximate surface area is 325 Å². The highest BCUT2D eigenvalue weighted by atomic mass is 32.1. The second-order valence-corrected chi connectivity index (χ2v) is 15.8. The molecule has 8 aromatic carbocycles. The molecule has 0 radical (unpaired) electrons. The number of thiophene rings is 1. The maximum absolute atomic E-state index is 2.50. The third-order valence-corrected chi connectivity index (χ3v) is 13.2. The van der Waals surface area contributed by atoms with Gasteiger partial charge in [0.1, 0.15) is 0 Å². The molecule has 1 aromatic heterocycles. The van der Waals surface area contributed by atoms with Crippen molar-refractivity contribution >= 4 is 59.3 Å². The number of hydrogen-bond acceptors (Lipinski definition) is 2. The van der Waals surface area contributed by atoms with Crippen molar-refractivity contribution in [3.05, 3.63) is 223 Å². The minimum absolute atomic E-state index is 0.263. The molecule has 9 aromatic rings. The molecule has 11 rings (SSSR count). The lowest BCUT2D eigenvalue weighted by Crippen LogP contribution is -2.35. The van der Waals surface area contributed by atoms with Gasteiger partial charge in [-0.3, -0.25) is 0 Å². The number of nitrogens with zero attached hydrogens (tertiary/aromatic N) is 1. The van der Waals surface area contributed by atoms with Crippen molar-refractivity contribution in [3.8, 4) is 22.3 Å². The SMILES string of the molecule is C1=CCC(C2(c3ccccc3)c3ccccc3-c3ccc(N(c4ccc(-c5cccc6c5sc5ccccc56)cc4)c4cccc5ccccc45)cc32)C=C1. The summed E-state index contributed by atoms with van der Waals surface area (Å²) in [6.45, 7) is 0. The molecule has 0 aliphatic heterocycles. The smallest absolute Gasteiger partial charge is 0.0540 e. The molecule has 2 aliphatic rings. The number of allylic oxidation sites excluding steroid dienone is 4. The predicted octanol–water partition coefficient (Wildman–Crippen LogP) is 14.8. The van der Waals surface area contributed by atoms with Gasteiger partial charge in [-0.15, -0.1) is 11.3 Å². The fourth-order valence-corrected chi connectivity index (χ4v) is 10.8. The summed E-state index contributed by atoms with van der Waals surface area (Å²) in [6.07, 6.45) is 10.2. The Hall–Kier alpha value is -6.48. The first-order valence-corrected chi connectivity index (χ1v) is 20.0. The molecule has 2 atom stereocenters. The lowest BCUT2D eigenvalue weighted by atomic mass is 9.62. The van der Waals surface area contributed by atoms with Crippen LogP contribution in [0.3, 0.4) is 0 Å². The van der Waals surface area contributed by atoms with Crippen LogP contribution in [-0.2, 0) is 5.41 Å². The minimum atomic E-state index is -0.346. The van der Waals surface area contributed by atoms with Crippen LogP contribution in [0.4, 0.5) is 17.1 Å². The highest BCUT2D eigenvalue weighted by Gasteiger charge is 2.49. The highest BCUT2D eigenvalue weighted by Crippen LogP contribution is 2.59. The second-order valence-electron chi connectivity index (χ2n) is 14.8. The molecular weight excluding hydrogens is 683 g/mol. The number of hydrogen-bond donors (Lipinski definition) is 0. The lowest BCUT2D eigenvalue weighted by Gasteiger charge is -2.40. The third kappa shape index (κ3) is 4.92. The van der Waals surface area contributed by atoms with Crippen LogP contribution in [0, 0.1) is 5.92 Å². The number of rotatable bonds is 6. The molecule has 0 spiro atoms. The van der Waals surface area contributed by atoms with Crippen LogP contribution in [0.25, 0.3) is 53.2 Å². The van der Waals surface area contributed by atoms with E-state index in [1.54, 1.807) is 0 Å². The largest absolute Gasteiger partial charge is 0.310 e. The van der Waals surface area contributed by atoms with Gasteiger partial charge in [-0.25, -0.2) is 0 Å². The Bertz CT molecular complexity index is 2960. The van der Waals surface area contributed by atoms with E-state index in [0.717, 1.165) is 17.8 Å². The number of benzene rings is 8. The Balaban J connectivity index is 1.13. The summed E-state index contributed by atoms with van der Waals surface area (Å²) in [6, 6.07) is 67.7. The van der Waals surface area contributed by atoms with Gasteiger partial charge in [0.2, 0.25) is 0 Å². The summed E-state index contributed by atoms with van der Waals surface area (Å²) in [4.78, 5) is 2.47. The average Bonchev–Trinajstić information content (AvgIpc) is 3.79. The van der Waals surface area contributed by atoms with Crippen LogP contribution in [0.2, 0.25) is 0 Å². The Morgan fingerprint density at radius 1 is 0.509 bits per heavy atom. The van der Waals surface area contributed by atoms with Gasteiger partial charge in [-0.05, 0) is 93.1 Å². The molecule has 0 saturated carbocycles. The van der Waals surface area contributed by atoms with E-state index in [2.05, 4.69) is 211 Å². The van der Waals surface area contributed by atoms with Crippen molar-refractivity contribution in [3.63, 3.8) is 0 Å². The molecule has 0 N–H and O–H groups in total. The second kappa shape index (κ2) is 12.8. The molecule has 2 aliphatic carbocycles. The van der Waals surface area contributed by atoms with E-state index in [0.29, 0.717) is 0 Å². The zero-order chi connectivity index (χ0) is 36.3. The Morgan fingerprint density at radius 2 is 1.20 bits per heavy atom. The topological polar surface area (TPSA) is 3.24 Å². The molecule has 0 fully saturated rings. The van der Waals surface area contributed by atoms with E-state index in [1.807, 2.05) is 11.3 Å². The fraction of sp³-hybridized carbons (Fsp3) is 0.0566. The molecule has 2 unspecified atom stereocenters. The molecule has 55 heavy (non-hydrogen) atoms. The maximum Gasteiger partial charge on any atom is 0.0540 e. The molecule has 1 nitrogen and oxygen atoms in total. The molecular formula is C53H37NS. The summed E-state index contributed by atoms with van der Waals surface area (Å²) < 4.78 is 2.66. The molecule has 1 heterocycles. The van der Waals surface area contributed by atoms with Gasteiger partial charge in [0.25, 0.3) is 0 Å². The number of fused-ring (bicyclic) bond motifs is 7. The molecule has 0 bridgehead atoms. The van der Waals surface area contributed by atoms with Crippen LogP contribution in [0.5, 0.6) is 0 Å². The maximum atomic E-state index is 2.50. The van der Waals surface area contributed by atoms with Gasteiger partial charge >= 0.3 is 0 Å². The fourth-order valence-electron chi connectivity index (χ4n) is 9.56. The van der Waals surface area contributed by atoms with Crippen LogP contribution in [0.1, 0.15) is 23.1 Å². The van der Waals surface area contributed by atoms with Crippen LogP contribution in [-0.4, -0.2) is 0 Å². The van der Waals surface area contributed by atoms with Gasteiger partial charge in [0, 0.05) is 36.9 Å².